The third-order valence-corrected chi connectivity index (χ3v) is 3.18. The molecule has 1 unspecified atom stereocenters. The van der Waals surface area contributed by atoms with Crippen LogP contribution in [-0.2, 0) is 15.1 Å². The Morgan fingerprint density at radius 2 is 2.00 bits per heavy atom. The summed E-state index contributed by atoms with van der Waals surface area (Å²) in [5.74, 6) is 0.347. The summed E-state index contributed by atoms with van der Waals surface area (Å²) in [6.07, 6.45) is -0.822. The molecule has 1 aromatic carbocycles. The van der Waals surface area contributed by atoms with Gasteiger partial charge in [-0.3, -0.25) is 0 Å². The summed E-state index contributed by atoms with van der Waals surface area (Å²) in [5.41, 5.74) is -0.855. The van der Waals surface area contributed by atoms with E-state index in [1.54, 1.807) is 19.1 Å². The summed E-state index contributed by atoms with van der Waals surface area (Å²) < 4.78 is 15.8. The first-order valence-electron chi connectivity index (χ1n) is 5.47. The van der Waals surface area contributed by atoms with Crippen molar-refractivity contribution in [2.45, 2.75) is 18.8 Å². The molecule has 2 rings (SSSR count). The largest absolute Gasteiger partial charge is 0.456 e. The highest BCUT2D eigenvalue weighted by molar-refractivity contribution is 6.34. The number of furan rings is 1. The summed E-state index contributed by atoms with van der Waals surface area (Å²) in [4.78, 5) is 0. The van der Waals surface area contributed by atoms with Gasteiger partial charge in [0.05, 0.1) is 5.02 Å². The number of fused-ring (bicyclic) bond motifs is 1. The van der Waals surface area contributed by atoms with Gasteiger partial charge in [-0.1, -0.05) is 23.7 Å². The topological polar surface area (TPSA) is 51.8 Å². The van der Waals surface area contributed by atoms with Crippen LogP contribution in [0.1, 0.15) is 12.7 Å². The molecule has 0 saturated carbocycles. The Morgan fingerprint density at radius 1 is 1.33 bits per heavy atom. The van der Waals surface area contributed by atoms with Crippen molar-refractivity contribution in [1.29, 1.82) is 0 Å². The highest BCUT2D eigenvalue weighted by Gasteiger charge is 2.37. The smallest absolute Gasteiger partial charge is 0.192 e. The van der Waals surface area contributed by atoms with Crippen LogP contribution < -0.4 is 0 Å². The molecule has 1 heterocycles. The van der Waals surface area contributed by atoms with Gasteiger partial charge in [0.25, 0.3) is 0 Å². The van der Waals surface area contributed by atoms with E-state index >= 15 is 0 Å². The van der Waals surface area contributed by atoms with Crippen LogP contribution in [0.3, 0.4) is 0 Å². The number of rotatable bonds is 4. The second-order valence-corrected chi connectivity index (χ2v) is 4.63. The molecule has 0 saturated heterocycles. The van der Waals surface area contributed by atoms with Gasteiger partial charge in [0.2, 0.25) is 0 Å². The highest BCUT2D eigenvalue weighted by atomic mass is 35.5. The quantitative estimate of drug-likeness (QED) is 0.868. The monoisotopic (exact) mass is 270 g/mol. The second-order valence-electron chi connectivity index (χ2n) is 4.22. The molecule has 0 fully saturated rings. The van der Waals surface area contributed by atoms with Gasteiger partial charge in [0.1, 0.15) is 5.76 Å². The number of halogens is 1. The minimum Gasteiger partial charge on any atom is -0.456 e. The van der Waals surface area contributed by atoms with E-state index in [9.17, 15) is 5.11 Å². The zero-order valence-corrected chi connectivity index (χ0v) is 11.2. The van der Waals surface area contributed by atoms with Crippen molar-refractivity contribution < 1.29 is 19.0 Å². The van der Waals surface area contributed by atoms with Crippen LogP contribution >= 0.6 is 11.6 Å². The molecular formula is C13H15ClO4. The average Bonchev–Trinajstić information content (AvgIpc) is 2.76. The summed E-state index contributed by atoms with van der Waals surface area (Å²) in [6.45, 7) is 1.57. The van der Waals surface area contributed by atoms with E-state index in [2.05, 4.69) is 0 Å². The third-order valence-electron chi connectivity index (χ3n) is 2.88. The van der Waals surface area contributed by atoms with Gasteiger partial charge in [-0.2, -0.15) is 0 Å². The lowest BCUT2D eigenvalue weighted by Crippen LogP contribution is -2.38. The number of hydrogen-bond acceptors (Lipinski definition) is 4. The van der Waals surface area contributed by atoms with Crippen LogP contribution in [0.5, 0.6) is 0 Å². The molecule has 0 bridgehead atoms. The van der Waals surface area contributed by atoms with Gasteiger partial charge in [-0.25, -0.2) is 0 Å². The van der Waals surface area contributed by atoms with Crippen molar-refractivity contribution >= 4 is 22.6 Å². The Labute approximate surface area is 110 Å². The molecule has 18 heavy (non-hydrogen) atoms. The van der Waals surface area contributed by atoms with Gasteiger partial charge in [-0.15, -0.1) is 0 Å². The van der Waals surface area contributed by atoms with Crippen molar-refractivity contribution in [3.05, 3.63) is 35.0 Å². The van der Waals surface area contributed by atoms with E-state index in [1.165, 1.54) is 14.2 Å². The Hall–Kier alpha value is -1.07. The lowest BCUT2D eigenvalue weighted by molar-refractivity contribution is -0.218. The standard InChI is InChI=1S/C13H15ClO4/c1-13(15,12(16-2)17-3)10-7-8-5-4-6-9(14)11(8)18-10/h4-7,12,15H,1-3H3. The molecule has 0 radical (unpaired) electrons. The maximum Gasteiger partial charge on any atom is 0.192 e. The predicted molar refractivity (Wildman–Crippen MR) is 68.6 cm³/mol. The van der Waals surface area contributed by atoms with Crippen molar-refractivity contribution in [1.82, 2.24) is 0 Å². The van der Waals surface area contributed by atoms with Crippen LogP contribution in [0.4, 0.5) is 0 Å². The van der Waals surface area contributed by atoms with Gasteiger partial charge in [0.15, 0.2) is 17.5 Å². The summed E-state index contributed by atoms with van der Waals surface area (Å²) in [6, 6.07) is 7.14. The molecule has 1 aromatic heterocycles. The summed E-state index contributed by atoms with van der Waals surface area (Å²) in [7, 11) is 2.91. The number of para-hydroxylation sites is 1. The Kier molecular flexibility index (Phi) is 3.64. The fourth-order valence-electron chi connectivity index (χ4n) is 1.95. The van der Waals surface area contributed by atoms with E-state index < -0.39 is 11.9 Å². The lowest BCUT2D eigenvalue weighted by atomic mass is 10.0. The second kappa shape index (κ2) is 4.90. The molecule has 0 aliphatic rings. The van der Waals surface area contributed by atoms with E-state index in [-0.39, 0.29) is 0 Å². The maximum atomic E-state index is 10.5. The summed E-state index contributed by atoms with van der Waals surface area (Å²) >= 11 is 6.03. The third kappa shape index (κ3) is 2.12. The Balaban J connectivity index is 2.50. The van der Waals surface area contributed by atoms with Crippen LogP contribution in [-0.4, -0.2) is 25.6 Å². The fourth-order valence-corrected chi connectivity index (χ4v) is 2.17. The Morgan fingerprint density at radius 3 is 2.56 bits per heavy atom. The predicted octanol–water partition coefficient (Wildman–Crippen LogP) is 2.91. The number of aliphatic hydroxyl groups is 1. The number of methoxy groups -OCH3 is 2. The zero-order chi connectivity index (χ0) is 13.3. The van der Waals surface area contributed by atoms with Crippen molar-refractivity contribution in [2.24, 2.45) is 0 Å². The first-order chi connectivity index (χ1) is 8.50. The van der Waals surface area contributed by atoms with E-state index in [0.29, 0.717) is 16.4 Å². The molecule has 0 amide bonds. The zero-order valence-electron chi connectivity index (χ0n) is 10.4. The van der Waals surface area contributed by atoms with Crippen molar-refractivity contribution in [3.63, 3.8) is 0 Å². The molecule has 1 atom stereocenters. The SMILES string of the molecule is COC(OC)C(C)(O)c1cc2cccc(Cl)c2o1. The number of ether oxygens (including phenoxy) is 2. The van der Waals surface area contributed by atoms with Crippen LogP contribution in [0.2, 0.25) is 5.02 Å². The first-order valence-corrected chi connectivity index (χ1v) is 5.85. The molecule has 0 aliphatic heterocycles. The van der Waals surface area contributed by atoms with Gasteiger partial charge in [-0.05, 0) is 19.1 Å². The number of benzene rings is 1. The normalized spacial score (nSPS) is 15.2. The maximum absolute atomic E-state index is 10.5. The highest BCUT2D eigenvalue weighted by Crippen LogP contribution is 2.34. The van der Waals surface area contributed by atoms with Crippen LogP contribution in [0.25, 0.3) is 11.0 Å². The van der Waals surface area contributed by atoms with Gasteiger partial charge >= 0.3 is 0 Å². The Bertz CT molecular complexity index is 543. The molecule has 2 aromatic rings. The minimum atomic E-state index is -1.40. The molecule has 98 valence electrons. The average molecular weight is 271 g/mol. The van der Waals surface area contributed by atoms with Gasteiger partial charge in [0, 0.05) is 19.6 Å². The van der Waals surface area contributed by atoms with E-state index in [0.717, 1.165) is 5.39 Å². The first kappa shape index (κ1) is 13.4. The minimum absolute atomic E-state index is 0.347. The number of hydrogen-bond donors (Lipinski definition) is 1. The molecule has 1 N–H and O–H groups in total. The molecule has 0 spiro atoms. The molecule has 0 aliphatic carbocycles. The van der Waals surface area contributed by atoms with Gasteiger partial charge < -0.3 is 19.0 Å². The van der Waals surface area contributed by atoms with E-state index in [1.807, 2.05) is 12.1 Å². The van der Waals surface area contributed by atoms with E-state index in [4.69, 9.17) is 25.5 Å². The molecule has 5 heteroatoms. The van der Waals surface area contributed by atoms with Crippen LogP contribution in [0.15, 0.2) is 28.7 Å². The molecular weight excluding hydrogens is 256 g/mol. The molecule has 4 nitrogen and oxygen atoms in total. The van der Waals surface area contributed by atoms with Crippen LogP contribution in [0, 0.1) is 0 Å². The fraction of sp³-hybridized carbons (Fsp3) is 0.385. The lowest BCUT2D eigenvalue weighted by Gasteiger charge is -2.28. The summed E-state index contributed by atoms with van der Waals surface area (Å²) in [5, 5.41) is 11.8. The van der Waals surface area contributed by atoms with Crippen molar-refractivity contribution in [2.75, 3.05) is 14.2 Å². The van der Waals surface area contributed by atoms with Crippen molar-refractivity contribution in [3.8, 4) is 0 Å².